The molecule has 21 heavy (non-hydrogen) atoms. The standard InChI is InChI=1S/C14H18ClN5O/c1-4-11-12(8-20(3)19-11)18-14(21)9-6-13(16-5-2)17-7-10(9)15/h6-8H,4-5H2,1-3H3,(H,16,17)(H,18,21). The predicted octanol–water partition coefficient (Wildman–Crippen LogP) is 2.72. The molecule has 0 saturated carbocycles. The first-order valence-electron chi connectivity index (χ1n) is 6.78. The van der Waals surface area contributed by atoms with Crippen LogP contribution in [-0.2, 0) is 13.5 Å². The summed E-state index contributed by atoms with van der Waals surface area (Å²) in [6.45, 7) is 4.66. The Labute approximate surface area is 128 Å². The summed E-state index contributed by atoms with van der Waals surface area (Å²) in [6.07, 6.45) is 3.98. The number of aromatic nitrogens is 3. The lowest BCUT2D eigenvalue weighted by molar-refractivity contribution is 0.102. The van der Waals surface area contributed by atoms with Crippen LogP contribution in [0.1, 0.15) is 29.9 Å². The zero-order chi connectivity index (χ0) is 15.4. The number of amides is 1. The van der Waals surface area contributed by atoms with Gasteiger partial charge in [-0.2, -0.15) is 5.10 Å². The van der Waals surface area contributed by atoms with Gasteiger partial charge < -0.3 is 10.6 Å². The van der Waals surface area contributed by atoms with Gasteiger partial charge in [0.15, 0.2) is 0 Å². The highest BCUT2D eigenvalue weighted by molar-refractivity contribution is 6.34. The minimum atomic E-state index is -0.274. The van der Waals surface area contributed by atoms with Gasteiger partial charge in [-0.1, -0.05) is 18.5 Å². The molecule has 2 aromatic rings. The molecule has 0 aromatic carbocycles. The fourth-order valence-corrected chi connectivity index (χ4v) is 2.17. The number of nitrogens with zero attached hydrogens (tertiary/aromatic N) is 3. The van der Waals surface area contributed by atoms with Gasteiger partial charge in [-0.25, -0.2) is 4.98 Å². The second kappa shape index (κ2) is 6.58. The number of carbonyl (C=O) groups excluding carboxylic acids is 1. The lowest BCUT2D eigenvalue weighted by Crippen LogP contribution is -2.14. The molecule has 6 nitrogen and oxygen atoms in total. The van der Waals surface area contributed by atoms with E-state index in [1.165, 1.54) is 6.20 Å². The maximum Gasteiger partial charge on any atom is 0.257 e. The van der Waals surface area contributed by atoms with E-state index in [9.17, 15) is 4.79 Å². The maximum absolute atomic E-state index is 12.4. The van der Waals surface area contributed by atoms with E-state index in [-0.39, 0.29) is 5.91 Å². The molecule has 112 valence electrons. The van der Waals surface area contributed by atoms with E-state index in [1.807, 2.05) is 20.9 Å². The van der Waals surface area contributed by atoms with Crippen LogP contribution in [0.25, 0.3) is 0 Å². The van der Waals surface area contributed by atoms with Crippen LogP contribution in [0.3, 0.4) is 0 Å². The van der Waals surface area contributed by atoms with Gasteiger partial charge >= 0.3 is 0 Å². The minimum Gasteiger partial charge on any atom is -0.370 e. The number of aryl methyl sites for hydroxylation is 2. The van der Waals surface area contributed by atoms with Crippen molar-refractivity contribution >= 4 is 29.0 Å². The van der Waals surface area contributed by atoms with Crippen molar-refractivity contribution < 1.29 is 4.79 Å². The summed E-state index contributed by atoms with van der Waals surface area (Å²) in [5, 5.41) is 10.5. The molecule has 0 unspecified atom stereocenters. The summed E-state index contributed by atoms with van der Waals surface area (Å²) in [6, 6.07) is 1.64. The van der Waals surface area contributed by atoms with Gasteiger partial charge in [0.25, 0.3) is 5.91 Å². The highest BCUT2D eigenvalue weighted by Gasteiger charge is 2.15. The Morgan fingerprint density at radius 1 is 1.43 bits per heavy atom. The van der Waals surface area contributed by atoms with Gasteiger partial charge in [0.2, 0.25) is 0 Å². The number of pyridine rings is 1. The molecule has 0 radical (unpaired) electrons. The molecule has 0 aliphatic rings. The molecular weight excluding hydrogens is 290 g/mol. The van der Waals surface area contributed by atoms with Gasteiger partial charge in [0, 0.05) is 26.0 Å². The largest absolute Gasteiger partial charge is 0.370 e. The van der Waals surface area contributed by atoms with Crippen LogP contribution in [0.5, 0.6) is 0 Å². The SMILES string of the molecule is CCNc1cc(C(=O)Nc2cn(C)nc2CC)c(Cl)cn1. The van der Waals surface area contributed by atoms with Crippen molar-refractivity contribution in [1.29, 1.82) is 0 Å². The third-order valence-electron chi connectivity index (χ3n) is 2.95. The van der Waals surface area contributed by atoms with Crippen molar-refractivity contribution in [2.75, 3.05) is 17.2 Å². The van der Waals surface area contributed by atoms with Crippen LogP contribution in [0.2, 0.25) is 5.02 Å². The van der Waals surface area contributed by atoms with Crippen LogP contribution in [0.15, 0.2) is 18.5 Å². The summed E-state index contributed by atoms with van der Waals surface area (Å²) < 4.78 is 1.67. The molecule has 0 saturated heterocycles. The zero-order valence-electron chi connectivity index (χ0n) is 12.3. The van der Waals surface area contributed by atoms with Crippen LogP contribution in [0.4, 0.5) is 11.5 Å². The summed E-state index contributed by atoms with van der Waals surface area (Å²) in [5.41, 5.74) is 1.92. The highest BCUT2D eigenvalue weighted by atomic mass is 35.5. The topological polar surface area (TPSA) is 71.8 Å². The molecule has 7 heteroatoms. The number of halogens is 1. The third kappa shape index (κ3) is 3.52. The molecule has 1 amide bonds. The normalized spacial score (nSPS) is 10.5. The number of hydrogen-bond donors (Lipinski definition) is 2. The molecule has 0 atom stereocenters. The summed E-state index contributed by atoms with van der Waals surface area (Å²) in [5.74, 6) is 0.346. The number of carbonyl (C=O) groups is 1. The van der Waals surface area contributed by atoms with Gasteiger partial charge in [-0.05, 0) is 19.4 Å². The Balaban J connectivity index is 2.25. The first kappa shape index (κ1) is 15.3. The Bertz CT molecular complexity index is 653. The fraction of sp³-hybridized carbons (Fsp3) is 0.357. The van der Waals surface area contributed by atoms with E-state index in [2.05, 4.69) is 20.7 Å². The van der Waals surface area contributed by atoms with Crippen molar-refractivity contribution in [2.24, 2.45) is 7.05 Å². The first-order valence-corrected chi connectivity index (χ1v) is 7.16. The van der Waals surface area contributed by atoms with Crippen molar-refractivity contribution in [3.05, 3.63) is 34.7 Å². The van der Waals surface area contributed by atoms with Crippen molar-refractivity contribution in [3.63, 3.8) is 0 Å². The second-order valence-corrected chi connectivity index (χ2v) is 4.96. The van der Waals surface area contributed by atoms with Crippen LogP contribution in [-0.4, -0.2) is 27.2 Å². The molecule has 0 aliphatic heterocycles. The first-order chi connectivity index (χ1) is 10.0. The molecule has 2 heterocycles. The van der Waals surface area contributed by atoms with Gasteiger partial charge in [-0.15, -0.1) is 0 Å². The molecule has 0 aliphatic carbocycles. The molecule has 2 aromatic heterocycles. The Hall–Kier alpha value is -2.08. The number of anilines is 2. The third-order valence-corrected chi connectivity index (χ3v) is 3.25. The van der Waals surface area contributed by atoms with Gasteiger partial charge in [0.1, 0.15) is 5.82 Å². The van der Waals surface area contributed by atoms with E-state index in [0.29, 0.717) is 22.1 Å². The van der Waals surface area contributed by atoms with Gasteiger partial charge in [0.05, 0.1) is 22.0 Å². The molecule has 2 rings (SSSR count). The molecular formula is C14H18ClN5O. The zero-order valence-corrected chi connectivity index (χ0v) is 13.0. The highest BCUT2D eigenvalue weighted by Crippen LogP contribution is 2.21. The Morgan fingerprint density at radius 2 is 2.19 bits per heavy atom. The Morgan fingerprint density at radius 3 is 2.86 bits per heavy atom. The smallest absolute Gasteiger partial charge is 0.257 e. The average Bonchev–Trinajstić information content (AvgIpc) is 2.81. The monoisotopic (exact) mass is 307 g/mol. The molecule has 0 spiro atoms. The summed E-state index contributed by atoms with van der Waals surface area (Å²) in [4.78, 5) is 16.5. The lowest BCUT2D eigenvalue weighted by atomic mass is 10.2. The second-order valence-electron chi connectivity index (χ2n) is 4.55. The van der Waals surface area contributed by atoms with Crippen LogP contribution in [0, 0.1) is 0 Å². The average molecular weight is 308 g/mol. The summed E-state index contributed by atoms with van der Waals surface area (Å²) in [7, 11) is 1.82. The van der Waals surface area contributed by atoms with E-state index >= 15 is 0 Å². The fourth-order valence-electron chi connectivity index (χ4n) is 1.98. The number of nitrogens with one attached hydrogen (secondary N) is 2. The van der Waals surface area contributed by atoms with E-state index < -0.39 is 0 Å². The minimum absolute atomic E-state index is 0.274. The summed E-state index contributed by atoms with van der Waals surface area (Å²) >= 11 is 6.06. The number of rotatable bonds is 5. The van der Waals surface area contributed by atoms with Crippen molar-refractivity contribution in [2.45, 2.75) is 20.3 Å². The Kier molecular flexibility index (Phi) is 4.80. The molecule has 0 bridgehead atoms. The van der Waals surface area contributed by atoms with Crippen molar-refractivity contribution in [1.82, 2.24) is 14.8 Å². The van der Waals surface area contributed by atoms with E-state index in [0.717, 1.165) is 18.7 Å². The van der Waals surface area contributed by atoms with Crippen molar-refractivity contribution in [3.8, 4) is 0 Å². The lowest BCUT2D eigenvalue weighted by Gasteiger charge is -2.08. The van der Waals surface area contributed by atoms with Crippen LogP contribution >= 0.6 is 11.6 Å². The van der Waals surface area contributed by atoms with E-state index in [1.54, 1.807) is 16.9 Å². The quantitative estimate of drug-likeness (QED) is 0.891. The predicted molar refractivity (Wildman–Crippen MR) is 83.9 cm³/mol. The number of hydrogen-bond acceptors (Lipinski definition) is 4. The van der Waals surface area contributed by atoms with Gasteiger partial charge in [-0.3, -0.25) is 9.48 Å². The van der Waals surface area contributed by atoms with E-state index in [4.69, 9.17) is 11.6 Å². The molecule has 0 fully saturated rings. The van der Waals surface area contributed by atoms with Crippen LogP contribution < -0.4 is 10.6 Å². The molecule has 2 N–H and O–H groups in total. The maximum atomic E-state index is 12.4.